The van der Waals surface area contributed by atoms with Crippen molar-refractivity contribution in [3.05, 3.63) is 83.4 Å². The molecule has 0 heterocycles. The summed E-state index contributed by atoms with van der Waals surface area (Å²) in [6.07, 6.45) is -0.666. The van der Waals surface area contributed by atoms with E-state index >= 15 is 0 Å². The number of carbonyl (C=O) groups is 3. The Kier molecular flexibility index (Phi) is 6.77. The lowest BCUT2D eigenvalue weighted by atomic mass is 9.98. The van der Waals surface area contributed by atoms with Crippen molar-refractivity contribution in [1.29, 1.82) is 0 Å². The second-order valence-electron chi connectivity index (χ2n) is 7.77. The van der Waals surface area contributed by atoms with Crippen LogP contribution in [-0.2, 0) is 9.53 Å². The van der Waals surface area contributed by atoms with Gasteiger partial charge in [0.1, 0.15) is 12.4 Å². The SMILES string of the molecule is COc1ccc(NC(=O)CCNC(=O)OCC2c3ccccc3-c3ccccc32)c(C(=O)O)c1. The number of carboxylic acid groups (broad SMARTS) is 1. The number of hydrogen-bond donors (Lipinski definition) is 3. The van der Waals surface area contributed by atoms with Gasteiger partial charge in [-0.2, -0.15) is 0 Å². The zero-order valence-electron chi connectivity index (χ0n) is 18.5. The van der Waals surface area contributed by atoms with Gasteiger partial charge in [-0.3, -0.25) is 4.79 Å². The van der Waals surface area contributed by atoms with Crippen LogP contribution in [0.1, 0.15) is 33.8 Å². The Morgan fingerprint density at radius 2 is 1.59 bits per heavy atom. The summed E-state index contributed by atoms with van der Waals surface area (Å²) in [5, 5.41) is 14.5. The molecule has 8 nitrogen and oxygen atoms in total. The van der Waals surface area contributed by atoms with Crippen LogP contribution in [0.5, 0.6) is 5.75 Å². The Balaban J connectivity index is 1.28. The molecule has 0 fully saturated rings. The molecule has 0 radical (unpaired) electrons. The van der Waals surface area contributed by atoms with Crippen LogP contribution in [0.2, 0.25) is 0 Å². The Hall–Kier alpha value is -4.33. The van der Waals surface area contributed by atoms with Gasteiger partial charge in [0, 0.05) is 18.9 Å². The minimum atomic E-state index is -1.19. The molecule has 0 bridgehead atoms. The van der Waals surface area contributed by atoms with Crippen LogP contribution >= 0.6 is 0 Å². The van der Waals surface area contributed by atoms with E-state index < -0.39 is 18.0 Å². The van der Waals surface area contributed by atoms with Crippen LogP contribution in [0.3, 0.4) is 0 Å². The summed E-state index contributed by atoms with van der Waals surface area (Å²) in [5.74, 6) is -1.31. The first kappa shape index (κ1) is 22.8. The van der Waals surface area contributed by atoms with E-state index in [0.717, 1.165) is 22.3 Å². The van der Waals surface area contributed by atoms with E-state index in [4.69, 9.17) is 9.47 Å². The average Bonchev–Trinajstić information content (AvgIpc) is 3.16. The highest BCUT2D eigenvalue weighted by molar-refractivity contribution is 6.01. The molecule has 3 N–H and O–H groups in total. The highest BCUT2D eigenvalue weighted by Crippen LogP contribution is 2.44. The van der Waals surface area contributed by atoms with Crippen molar-refractivity contribution in [2.45, 2.75) is 12.3 Å². The van der Waals surface area contributed by atoms with Gasteiger partial charge in [0.05, 0.1) is 18.4 Å². The molecule has 0 unspecified atom stereocenters. The van der Waals surface area contributed by atoms with E-state index in [-0.39, 0.29) is 36.7 Å². The van der Waals surface area contributed by atoms with Crippen molar-refractivity contribution in [3.8, 4) is 16.9 Å². The largest absolute Gasteiger partial charge is 0.497 e. The van der Waals surface area contributed by atoms with Crippen LogP contribution in [-0.4, -0.2) is 43.3 Å². The molecular weight excluding hydrogens is 436 g/mol. The molecule has 0 aromatic heterocycles. The minimum Gasteiger partial charge on any atom is -0.497 e. The molecule has 0 atom stereocenters. The molecule has 0 saturated carbocycles. The predicted octanol–water partition coefficient (Wildman–Crippen LogP) is 4.26. The fourth-order valence-electron chi connectivity index (χ4n) is 4.08. The lowest BCUT2D eigenvalue weighted by Gasteiger charge is -2.14. The third-order valence-electron chi connectivity index (χ3n) is 5.70. The molecule has 34 heavy (non-hydrogen) atoms. The molecule has 3 aromatic rings. The van der Waals surface area contributed by atoms with Crippen LogP contribution in [0.25, 0.3) is 11.1 Å². The molecule has 0 spiro atoms. The van der Waals surface area contributed by atoms with Crippen molar-refractivity contribution in [2.24, 2.45) is 0 Å². The Morgan fingerprint density at radius 3 is 2.21 bits per heavy atom. The second kappa shape index (κ2) is 10.1. The third-order valence-corrected chi connectivity index (χ3v) is 5.70. The smallest absolute Gasteiger partial charge is 0.407 e. The maximum absolute atomic E-state index is 12.2. The van der Waals surface area contributed by atoms with Gasteiger partial charge in [0.25, 0.3) is 0 Å². The van der Waals surface area contributed by atoms with Crippen molar-refractivity contribution >= 4 is 23.7 Å². The number of amides is 2. The summed E-state index contributed by atoms with van der Waals surface area (Å²) in [7, 11) is 1.42. The van der Waals surface area contributed by atoms with Gasteiger partial charge in [-0.15, -0.1) is 0 Å². The van der Waals surface area contributed by atoms with Gasteiger partial charge in [0.15, 0.2) is 0 Å². The molecule has 4 rings (SSSR count). The standard InChI is InChI=1S/C26H24N2O6/c1-33-16-10-11-23(21(14-16)25(30)31)28-24(29)12-13-27-26(32)34-15-22-19-8-4-2-6-17(19)18-7-3-5-9-20(18)22/h2-11,14,22H,12-13,15H2,1H3,(H,27,32)(H,28,29)(H,30,31). The van der Waals surface area contributed by atoms with E-state index in [2.05, 4.69) is 22.8 Å². The summed E-state index contributed by atoms with van der Waals surface area (Å²) in [6.45, 7) is 0.223. The number of benzene rings is 3. The first-order valence-corrected chi connectivity index (χ1v) is 10.8. The number of hydrogen-bond acceptors (Lipinski definition) is 5. The maximum Gasteiger partial charge on any atom is 0.407 e. The molecule has 1 aliphatic rings. The zero-order chi connectivity index (χ0) is 24.1. The first-order chi connectivity index (χ1) is 16.5. The first-order valence-electron chi connectivity index (χ1n) is 10.8. The van der Waals surface area contributed by atoms with Gasteiger partial charge in [-0.25, -0.2) is 9.59 Å². The van der Waals surface area contributed by atoms with Gasteiger partial charge >= 0.3 is 12.1 Å². The topological polar surface area (TPSA) is 114 Å². The highest BCUT2D eigenvalue weighted by Gasteiger charge is 2.29. The van der Waals surface area contributed by atoms with Crippen LogP contribution in [0, 0.1) is 0 Å². The number of ether oxygens (including phenoxy) is 2. The van der Waals surface area contributed by atoms with Gasteiger partial charge in [-0.05, 0) is 40.5 Å². The normalized spacial score (nSPS) is 11.8. The predicted molar refractivity (Wildman–Crippen MR) is 126 cm³/mol. The number of nitrogens with one attached hydrogen (secondary N) is 2. The molecule has 8 heteroatoms. The molecule has 3 aromatic carbocycles. The van der Waals surface area contributed by atoms with Crippen LogP contribution in [0.15, 0.2) is 66.7 Å². The second-order valence-corrected chi connectivity index (χ2v) is 7.77. The summed E-state index contributed by atoms with van der Waals surface area (Å²) in [5.41, 5.74) is 4.58. The van der Waals surface area contributed by atoms with Crippen molar-refractivity contribution in [1.82, 2.24) is 5.32 Å². The monoisotopic (exact) mass is 460 g/mol. The molecular formula is C26H24N2O6. The summed E-state index contributed by atoms with van der Waals surface area (Å²) >= 11 is 0. The van der Waals surface area contributed by atoms with E-state index in [1.165, 1.54) is 19.2 Å². The molecule has 0 saturated heterocycles. The zero-order valence-corrected chi connectivity index (χ0v) is 18.5. The molecule has 0 aliphatic heterocycles. The van der Waals surface area contributed by atoms with Crippen molar-refractivity contribution < 1.29 is 29.0 Å². The lowest BCUT2D eigenvalue weighted by Crippen LogP contribution is -2.29. The fraction of sp³-hybridized carbons (Fsp3) is 0.192. The van der Waals surface area contributed by atoms with Crippen molar-refractivity contribution in [2.75, 3.05) is 25.6 Å². The Bertz CT molecular complexity index is 1190. The van der Waals surface area contributed by atoms with Gasteiger partial charge in [-0.1, -0.05) is 48.5 Å². The molecule has 1 aliphatic carbocycles. The summed E-state index contributed by atoms with van der Waals surface area (Å²) in [6, 6.07) is 20.4. The number of alkyl carbamates (subject to hydrolysis) is 1. The average molecular weight is 460 g/mol. The number of anilines is 1. The summed E-state index contributed by atoms with van der Waals surface area (Å²) < 4.78 is 10.5. The molecule has 174 valence electrons. The van der Waals surface area contributed by atoms with E-state index in [1.54, 1.807) is 6.07 Å². The number of carbonyl (C=O) groups excluding carboxylic acids is 2. The number of methoxy groups -OCH3 is 1. The fourth-order valence-corrected chi connectivity index (χ4v) is 4.08. The Morgan fingerprint density at radius 1 is 0.941 bits per heavy atom. The number of aromatic carboxylic acids is 1. The van der Waals surface area contributed by atoms with E-state index in [9.17, 15) is 19.5 Å². The van der Waals surface area contributed by atoms with Gasteiger partial charge < -0.3 is 25.2 Å². The molecule has 2 amide bonds. The minimum absolute atomic E-state index is 0.0427. The Labute approximate surface area is 196 Å². The number of rotatable bonds is 8. The van der Waals surface area contributed by atoms with Crippen LogP contribution in [0.4, 0.5) is 10.5 Å². The van der Waals surface area contributed by atoms with E-state index in [0.29, 0.717) is 5.75 Å². The van der Waals surface area contributed by atoms with Gasteiger partial charge in [0.2, 0.25) is 5.91 Å². The number of fused-ring (bicyclic) bond motifs is 3. The highest BCUT2D eigenvalue weighted by atomic mass is 16.5. The van der Waals surface area contributed by atoms with Crippen molar-refractivity contribution in [3.63, 3.8) is 0 Å². The number of carboxylic acids is 1. The maximum atomic E-state index is 12.2. The van der Waals surface area contributed by atoms with Crippen LogP contribution < -0.4 is 15.4 Å². The summed E-state index contributed by atoms with van der Waals surface area (Å²) in [4.78, 5) is 35.9. The quantitative estimate of drug-likeness (QED) is 0.463. The lowest BCUT2D eigenvalue weighted by molar-refractivity contribution is -0.116. The third kappa shape index (κ3) is 4.85. The van der Waals surface area contributed by atoms with E-state index in [1.807, 2.05) is 36.4 Å².